The van der Waals surface area contributed by atoms with Crippen LogP contribution < -0.4 is 9.47 Å². The summed E-state index contributed by atoms with van der Waals surface area (Å²) in [5.74, 6) is 2.01. The van der Waals surface area contributed by atoms with Gasteiger partial charge in [0, 0.05) is 38.3 Å². The highest BCUT2D eigenvalue weighted by atomic mass is 16.5. The van der Waals surface area contributed by atoms with Crippen molar-refractivity contribution in [1.29, 1.82) is 0 Å². The zero-order chi connectivity index (χ0) is 16.8. The van der Waals surface area contributed by atoms with E-state index < -0.39 is 0 Å². The third-order valence-electron chi connectivity index (χ3n) is 3.99. The second-order valence-electron chi connectivity index (χ2n) is 6.29. The standard InChI is InChI=1S/C18H28N2O3/c1-5-23-16-7-6-15(12-17(16)22-4)18(21)20-10-8-19(9-11-20)13-14(2)3/h6-7,12,14H,5,8-11,13H2,1-4H3. The van der Waals surface area contributed by atoms with Crippen LogP contribution in [0.15, 0.2) is 18.2 Å². The highest BCUT2D eigenvalue weighted by molar-refractivity contribution is 5.95. The molecule has 0 bridgehead atoms. The fourth-order valence-corrected chi connectivity index (χ4v) is 2.91. The summed E-state index contributed by atoms with van der Waals surface area (Å²) in [4.78, 5) is 17.0. The van der Waals surface area contributed by atoms with Crippen LogP contribution in [0.4, 0.5) is 0 Å². The van der Waals surface area contributed by atoms with E-state index >= 15 is 0 Å². The van der Waals surface area contributed by atoms with Gasteiger partial charge in [-0.2, -0.15) is 0 Å². The first kappa shape index (κ1) is 17.6. The van der Waals surface area contributed by atoms with E-state index in [2.05, 4.69) is 18.7 Å². The van der Waals surface area contributed by atoms with Crippen LogP contribution in [-0.4, -0.2) is 62.1 Å². The number of amides is 1. The molecular weight excluding hydrogens is 292 g/mol. The monoisotopic (exact) mass is 320 g/mol. The number of methoxy groups -OCH3 is 1. The van der Waals surface area contributed by atoms with Crippen molar-refractivity contribution in [2.75, 3.05) is 46.4 Å². The third kappa shape index (κ3) is 4.61. The Balaban J connectivity index is 2.01. The largest absolute Gasteiger partial charge is 0.493 e. The molecule has 5 nitrogen and oxygen atoms in total. The maximum Gasteiger partial charge on any atom is 0.254 e. The van der Waals surface area contributed by atoms with Gasteiger partial charge in [0.15, 0.2) is 11.5 Å². The van der Waals surface area contributed by atoms with Crippen molar-refractivity contribution in [3.63, 3.8) is 0 Å². The normalized spacial score (nSPS) is 15.8. The number of carbonyl (C=O) groups is 1. The molecule has 0 aliphatic carbocycles. The average molecular weight is 320 g/mol. The number of carbonyl (C=O) groups excluding carboxylic acids is 1. The summed E-state index contributed by atoms with van der Waals surface area (Å²) in [5.41, 5.74) is 0.655. The smallest absolute Gasteiger partial charge is 0.254 e. The molecule has 1 aliphatic rings. The lowest BCUT2D eigenvalue weighted by molar-refractivity contribution is 0.0623. The van der Waals surface area contributed by atoms with Crippen molar-refractivity contribution < 1.29 is 14.3 Å². The number of hydrogen-bond acceptors (Lipinski definition) is 4. The number of nitrogens with zero attached hydrogens (tertiary/aromatic N) is 2. The Hall–Kier alpha value is -1.75. The van der Waals surface area contributed by atoms with E-state index in [1.54, 1.807) is 13.2 Å². The molecule has 2 rings (SSSR count). The highest BCUT2D eigenvalue weighted by Gasteiger charge is 2.23. The van der Waals surface area contributed by atoms with E-state index in [9.17, 15) is 4.79 Å². The molecule has 1 fully saturated rings. The van der Waals surface area contributed by atoms with Gasteiger partial charge in [-0.1, -0.05) is 13.8 Å². The highest BCUT2D eigenvalue weighted by Crippen LogP contribution is 2.28. The third-order valence-corrected chi connectivity index (χ3v) is 3.99. The predicted molar refractivity (Wildman–Crippen MR) is 91.3 cm³/mol. The van der Waals surface area contributed by atoms with Crippen molar-refractivity contribution >= 4 is 5.91 Å². The first-order chi connectivity index (χ1) is 11.0. The van der Waals surface area contributed by atoms with Gasteiger partial charge in [0.25, 0.3) is 5.91 Å². The Kier molecular flexibility index (Phi) is 6.28. The van der Waals surface area contributed by atoms with E-state index in [4.69, 9.17) is 9.47 Å². The summed E-state index contributed by atoms with van der Waals surface area (Å²) in [5, 5.41) is 0. The molecule has 0 spiro atoms. The predicted octanol–water partition coefficient (Wildman–Crippen LogP) is 2.51. The molecule has 1 aromatic carbocycles. The molecule has 1 saturated heterocycles. The number of hydrogen-bond donors (Lipinski definition) is 0. The molecular formula is C18H28N2O3. The Morgan fingerprint density at radius 1 is 1.17 bits per heavy atom. The van der Waals surface area contributed by atoms with Crippen LogP contribution in [0.5, 0.6) is 11.5 Å². The van der Waals surface area contributed by atoms with Gasteiger partial charge in [0.2, 0.25) is 0 Å². The van der Waals surface area contributed by atoms with Crippen LogP contribution in [0.25, 0.3) is 0 Å². The van der Waals surface area contributed by atoms with Crippen LogP contribution in [0, 0.1) is 5.92 Å². The van der Waals surface area contributed by atoms with E-state index in [-0.39, 0.29) is 5.91 Å². The van der Waals surface area contributed by atoms with Crippen LogP contribution in [0.2, 0.25) is 0 Å². The fraction of sp³-hybridized carbons (Fsp3) is 0.611. The zero-order valence-electron chi connectivity index (χ0n) is 14.7. The molecule has 23 heavy (non-hydrogen) atoms. The Morgan fingerprint density at radius 3 is 2.43 bits per heavy atom. The van der Waals surface area contributed by atoms with Crippen molar-refractivity contribution in [3.8, 4) is 11.5 Å². The zero-order valence-corrected chi connectivity index (χ0v) is 14.7. The quantitative estimate of drug-likeness (QED) is 0.808. The minimum absolute atomic E-state index is 0.0653. The van der Waals surface area contributed by atoms with E-state index in [0.717, 1.165) is 32.7 Å². The topological polar surface area (TPSA) is 42.0 Å². The molecule has 1 aliphatic heterocycles. The average Bonchev–Trinajstić information content (AvgIpc) is 2.55. The maximum absolute atomic E-state index is 12.7. The van der Waals surface area contributed by atoms with Gasteiger partial charge in [-0.15, -0.1) is 0 Å². The van der Waals surface area contributed by atoms with E-state index in [1.807, 2.05) is 24.0 Å². The number of benzene rings is 1. The molecule has 0 saturated carbocycles. The lowest BCUT2D eigenvalue weighted by Gasteiger charge is -2.35. The number of rotatable bonds is 6. The van der Waals surface area contributed by atoms with Crippen molar-refractivity contribution in [3.05, 3.63) is 23.8 Å². The fourth-order valence-electron chi connectivity index (χ4n) is 2.91. The molecule has 0 N–H and O–H groups in total. The molecule has 1 aromatic rings. The van der Waals surface area contributed by atoms with Gasteiger partial charge in [-0.25, -0.2) is 0 Å². The van der Waals surface area contributed by atoms with Crippen molar-refractivity contribution in [2.45, 2.75) is 20.8 Å². The van der Waals surface area contributed by atoms with Gasteiger partial charge >= 0.3 is 0 Å². The minimum Gasteiger partial charge on any atom is -0.493 e. The molecule has 1 heterocycles. The van der Waals surface area contributed by atoms with Gasteiger partial charge in [-0.3, -0.25) is 9.69 Å². The number of ether oxygens (including phenoxy) is 2. The number of piperazine rings is 1. The summed E-state index contributed by atoms with van der Waals surface area (Å²) >= 11 is 0. The van der Waals surface area contributed by atoms with Crippen LogP contribution in [0.3, 0.4) is 0 Å². The van der Waals surface area contributed by atoms with E-state index in [1.165, 1.54) is 0 Å². The molecule has 0 aromatic heterocycles. The Bertz CT molecular complexity index is 523. The minimum atomic E-state index is 0.0653. The lowest BCUT2D eigenvalue weighted by atomic mass is 10.1. The van der Waals surface area contributed by atoms with E-state index in [0.29, 0.717) is 29.6 Å². The molecule has 5 heteroatoms. The van der Waals surface area contributed by atoms with Crippen molar-refractivity contribution in [2.24, 2.45) is 5.92 Å². The van der Waals surface area contributed by atoms with Gasteiger partial charge in [-0.05, 0) is 31.0 Å². The summed E-state index contributed by atoms with van der Waals surface area (Å²) in [6, 6.07) is 5.40. The molecule has 1 amide bonds. The lowest BCUT2D eigenvalue weighted by Crippen LogP contribution is -2.49. The maximum atomic E-state index is 12.7. The summed E-state index contributed by atoms with van der Waals surface area (Å²) in [7, 11) is 1.59. The van der Waals surface area contributed by atoms with Gasteiger partial charge in [0.1, 0.15) is 0 Å². The second-order valence-corrected chi connectivity index (χ2v) is 6.29. The first-order valence-corrected chi connectivity index (χ1v) is 8.37. The molecule has 0 atom stereocenters. The molecule has 128 valence electrons. The van der Waals surface area contributed by atoms with Crippen LogP contribution in [0.1, 0.15) is 31.1 Å². The van der Waals surface area contributed by atoms with Crippen LogP contribution in [-0.2, 0) is 0 Å². The summed E-state index contributed by atoms with van der Waals surface area (Å²) in [6.07, 6.45) is 0. The summed E-state index contributed by atoms with van der Waals surface area (Å²) in [6.45, 7) is 11.5. The first-order valence-electron chi connectivity index (χ1n) is 8.37. The summed E-state index contributed by atoms with van der Waals surface area (Å²) < 4.78 is 10.8. The van der Waals surface area contributed by atoms with Crippen molar-refractivity contribution in [1.82, 2.24) is 9.80 Å². The Labute approximate surface area is 139 Å². The molecule has 0 radical (unpaired) electrons. The molecule has 0 unspecified atom stereocenters. The Morgan fingerprint density at radius 2 is 1.87 bits per heavy atom. The van der Waals surface area contributed by atoms with Gasteiger partial charge < -0.3 is 14.4 Å². The van der Waals surface area contributed by atoms with Gasteiger partial charge in [0.05, 0.1) is 13.7 Å². The SMILES string of the molecule is CCOc1ccc(C(=O)N2CCN(CC(C)C)CC2)cc1OC. The second kappa shape index (κ2) is 8.20. The van der Waals surface area contributed by atoms with Crippen LogP contribution >= 0.6 is 0 Å².